The summed E-state index contributed by atoms with van der Waals surface area (Å²) in [6.45, 7) is 0. The van der Waals surface area contributed by atoms with Crippen LogP contribution in [-0.4, -0.2) is 16.9 Å². The Labute approximate surface area is 90.1 Å². The molecule has 0 radical (unpaired) electrons. The molecule has 2 aromatic heterocycles. The maximum absolute atomic E-state index is 13.6. The molecule has 2 aromatic rings. The van der Waals surface area contributed by atoms with Gasteiger partial charge in [-0.25, -0.2) is 9.07 Å². The summed E-state index contributed by atoms with van der Waals surface area (Å²) in [7, 11) is 3.14. The van der Waals surface area contributed by atoms with Crippen molar-refractivity contribution in [2.45, 2.75) is 0 Å². The lowest BCUT2D eigenvalue weighted by molar-refractivity contribution is 0.417. The number of methoxy groups -OCH3 is 1. The molecule has 15 heavy (non-hydrogen) atoms. The fourth-order valence-electron chi connectivity index (χ4n) is 1.29. The van der Waals surface area contributed by atoms with Gasteiger partial charge in [-0.1, -0.05) is 0 Å². The van der Waals surface area contributed by atoms with Gasteiger partial charge in [0.15, 0.2) is 11.6 Å². The summed E-state index contributed by atoms with van der Waals surface area (Å²) in [4.78, 5) is 0.655. The van der Waals surface area contributed by atoms with E-state index in [4.69, 9.17) is 10.5 Å². The van der Waals surface area contributed by atoms with E-state index in [0.717, 1.165) is 0 Å². The highest BCUT2D eigenvalue weighted by molar-refractivity contribution is 7.14. The summed E-state index contributed by atoms with van der Waals surface area (Å²) >= 11 is 1.37. The first-order chi connectivity index (χ1) is 7.15. The molecule has 0 saturated heterocycles. The fraction of sp³-hybridized carbons (Fsp3) is 0.222. The van der Waals surface area contributed by atoms with Crippen molar-refractivity contribution in [2.24, 2.45) is 7.05 Å². The van der Waals surface area contributed by atoms with E-state index in [0.29, 0.717) is 10.6 Å². The van der Waals surface area contributed by atoms with Crippen molar-refractivity contribution in [1.82, 2.24) is 9.78 Å². The third-order valence-corrected chi connectivity index (χ3v) is 3.00. The third-order valence-electron chi connectivity index (χ3n) is 2.10. The molecule has 0 amide bonds. The quantitative estimate of drug-likeness (QED) is 0.852. The number of aryl methyl sites for hydroxylation is 1. The predicted molar refractivity (Wildman–Crippen MR) is 57.4 cm³/mol. The van der Waals surface area contributed by atoms with E-state index in [1.807, 2.05) is 5.38 Å². The first-order valence-corrected chi connectivity index (χ1v) is 5.13. The second-order valence-electron chi connectivity index (χ2n) is 2.99. The van der Waals surface area contributed by atoms with Crippen molar-refractivity contribution in [3.8, 4) is 16.3 Å². The number of halogens is 1. The van der Waals surface area contributed by atoms with E-state index in [-0.39, 0.29) is 11.5 Å². The predicted octanol–water partition coefficient (Wildman–Crippen LogP) is 1.88. The van der Waals surface area contributed by atoms with Gasteiger partial charge in [0.1, 0.15) is 11.4 Å². The number of thiophene rings is 1. The second-order valence-corrected chi connectivity index (χ2v) is 3.91. The molecule has 2 heterocycles. The summed E-state index contributed by atoms with van der Waals surface area (Å²) in [5.74, 6) is 0.135. The van der Waals surface area contributed by atoms with Crippen LogP contribution < -0.4 is 10.5 Å². The molecule has 0 fully saturated rings. The van der Waals surface area contributed by atoms with Gasteiger partial charge < -0.3 is 10.5 Å². The Morgan fingerprint density at radius 2 is 2.33 bits per heavy atom. The lowest BCUT2D eigenvalue weighted by Gasteiger charge is -1.98. The molecule has 0 unspecified atom stereocenters. The molecule has 0 spiro atoms. The molecule has 2 rings (SSSR count). The molecular formula is C9H10FN3OS. The number of aromatic nitrogens is 2. The van der Waals surface area contributed by atoms with Gasteiger partial charge in [-0.05, 0) is 11.4 Å². The fourth-order valence-corrected chi connectivity index (χ4v) is 2.12. The van der Waals surface area contributed by atoms with Crippen molar-refractivity contribution in [3.05, 3.63) is 17.3 Å². The Morgan fingerprint density at radius 3 is 2.87 bits per heavy atom. The Balaban J connectivity index is 2.59. The van der Waals surface area contributed by atoms with Crippen LogP contribution in [0.1, 0.15) is 0 Å². The van der Waals surface area contributed by atoms with Gasteiger partial charge in [-0.3, -0.25) is 0 Å². The first kappa shape index (κ1) is 9.97. The zero-order chi connectivity index (χ0) is 11.0. The summed E-state index contributed by atoms with van der Waals surface area (Å²) in [6, 6.07) is 1.77. The average molecular weight is 227 g/mol. The molecular weight excluding hydrogens is 217 g/mol. The molecule has 0 bridgehead atoms. The van der Waals surface area contributed by atoms with Gasteiger partial charge in [-0.2, -0.15) is 5.10 Å². The molecule has 2 N–H and O–H groups in total. The molecule has 4 nitrogen and oxygen atoms in total. The van der Waals surface area contributed by atoms with Gasteiger partial charge in [0.25, 0.3) is 0 Å². The van der Waals surface area contributed by atoms with E-state index in [1.165, 1.54) is 23.1 Å². The molecule has 80 valence electrons. The van der Waals surface area contributed by atoms with E-state index >= 15 is 0 Å². The van der Waals surface area contributed by atoms with Crippen LogP contribution in [0.5, 0.6) is 5.75 Å². The van der Waals surface area contributed by atoms with Crippen molar-refractivity contribution in [2.75, 3.05) is 12.8 Å². The highest BCUT2D eigenvalue weighted by atomic mass is 32.1. The highest BCUT2D eigenvalue weighted by Crippen LogP contribution is 2.36. The van der Waals surface area contributed by atoms with E-state index in [9.17, 15) is 4.39 Å². The van der Waals surface area contributed by atoms with E-state index in [2.05, 4.69) is 5.10 Å². The van der Waals surface area contributed by atoms with Crippen LogP contribution in [0.15, 0.2) is 11.4 Å². The van der Waals surface area contributed by atoms with Crippen molar-refractivity contribution >= 4 is 17.2 Å². The van der Waals surface area contributed by atoms with Crippen LogP contribution in [0, 0.1) is 5.82 Å². The zero-order valence-electron chi connectivity index (χ0n) is 8.32. The maximum Gasteiger partial charge on any atom is 0.193 e. The number of hydrogen-bond donors (Lipinski definition) is 1. The first-order valence-electron chi connectivity index (χ1n) is 4.25. The maximum atomic E-state index is 13.6. The Kier molecular flexibility index (Phi) is 2.36. The van der Waals surface area contributed by atoms with Crippen LogP contribution in [-0.2, 0) is 7.05 Å². The van der Waals surface area contributed by atoms with Crippen LogP contribution in [0.4, 0.5) is 10.2 Å². The second kappa shape index (κ2) is 3.54. The highest BCUT2D eigenvalue weighted by Gasteiger charge is 2.19. The molecule has 0 saturated carbocycles. The zero-order valence-corrected chi connectivity index (χ0v) is 9.14. The van der Waals surface area contributed by atoms with Gasteiger partial charge in [0.2, 0.25) is 0 Å². The smallest absolute Gasteiger partial charge is 0.193 e. The Bertz CT molecular complexity index is 492. The van der Waals surface area contributed by atoms with Crippen LogP contribution >= 0.6 is 11.3 Å². The number of ether oxygens (including phenoxy) is 1. The Morgan fingerprint density at radius 1 is 1.60 bits per heavy atom. The van der Waals surface area contributed by atoms with E-state index < -0.39 is 5.82 Å². The van der Waals surface area contributed by atoms with Gasteiger partial charge >= 0.3 is 0 Å². The largest absolute Gasteiger partial charge is 0.495 e. The van der Waals surface area contributed by atoms with Crippen LogP contribution in [0.3, 0.4) is 0 Å². The summed E-state index contributed by atoms with van der Waals surface area (Å²) < 4.78 is 20.1. The topological polar surface area (TPSA) is 53.1 Å². The number of nitrogens with zero attached hydrogens (tertiary/aromatic N) is 2. The lowest BCUT2D eigenvalue weighted by Crippen LogP contribution is -1.97. The minimum absolute atomic E-state index is 0.0282. The lowest BCUT2D eigenvalue weighted by atomic mass is 10.3. The number of nitrogens with two attached hydrogens (primary N) is 1. The monoisotopic (exact) mass is 227 g/mol. The molecule has 0 atom stereocenters. The van der Waals surface area contributed by atoms with Crippen LogP contribution in [0.25, 0.3) is 10.6 Å². The van der Waals surface area contributed by atoms with Gasteiger partial charge in [0, 0.05) is 7.05 Å². The van der Waals surface area contributed by atoms with Crippen LogP contribution in [0.2, 0.25) is 0 Å². The normalized spacial score (nSPS) is 10.6. The van der Waals surface area contributed by atoms with Crippen molar-refractivity contribution in [3.63, 3.8) is 0 Å². The summed E-state index contributed by atoms with van der Waals surface area (Å²) in [5.41, 5.74) is 5.73. The van der Waals surface area contributed by atoms with Gasteiger partial charge in [-0.15, -0.1) is 11.3 Å². The molecule has 0 aliphatic rings. The van der Waals surface area contributed by atoms with Gasteiger partial charge in [0.05, 0.1) is 12.0 Å². The van der Waals surface area contributed by atoms with E-state index in [1.54, 1.807) is 13.1 Å². The number of anilines is 1. The summed E-state index contributed by atoms with van der Waals surface area (Å²) in [6.07, 6.45) is 0. The standard InChI is InChI=1S/C9H10FN3OS/c1-13-9(11)6(10)7(12-13)8-5(14-2)3-4-15-8/h3-4H,11H2,1-2H3. The van der Waals surface area contributed by atoms with Crippen molar-refractivity contribution < 1.29 is 9.13 Å². The molecule has 0 aromatic carbocycles. The number of nitrogen functional groups attached to an aromatic ring is 1. The SMILES string of the molecule is COc1ccsc1-c1nn(C)c(N)c1F. The molecule has 6 heteroatoms. The summed E-state index contributed by atoms with van der Waals surface area (Å²) in [5, 5.41) is 5.83. The van der Waals surface area contributed by atoms with Crippen molar-refractivity contribution in [1.29, 1.82) is 0 Å². The Hall–Kier alpha value is -1.56. The average Bonchev–Trinajstić information content (AvgIpc) is 2.78. The third kappa shape index (κ3) is 1.46. The minimum atomic E-state index is -0.502. The minimum Gasteiger partial charge on any atom is -0.495 e. The molecule has 0 aliphatic heterocycles. The number of hydrogen-bond acceptors (Lipinski definition) is 4. The molecule has 0 aliphatic carbocycles. The number of rotatable bonds is 2.